The Balaban J connectivity index is -0.000000159. The van der Waals surface area contributed by atoms with Gasteiger partial charge in [-0.2, -0.15) is 0 Å². The van der Waals surface area contributed by atoms with Crippen molar-refractivity contribution in [1.82, 2.24) is 0 Å². The van der Waals surface area contributed by atoms with E-state index in [1.807, 2.05) is 56.1 Å². The van der Waals surface area contributed by atoms with Crippen molar-refractivity contribution >= 4 is 23.1 Å². The minimum absolute atomic E-state index is 0. The Bertz CT molecular complexity index is 183. The van der Waals surface area contributed by atoms with E-state index in [4.69, 9.17) is 4.74 Å². The van der Waals surface area contributed by atoms with E-state index in [1.165, 1.54) is 0 Å². The summed E-state index contributed by atoms with van der Waals surface area (Å²) in [6.45, 7) is 5.67. The van der Waals surface area contributed by atoms with Crippen molar-refractivity contribution in [2.24, 2.45) is 7.05 Å². The molecule has 0 amide bonds. The van der Waals surface area contributed by atoms with E-state index in [9.17, 15) is 0 Å². The minimum atomic E-state index is 0. The smallest absolute Gasteiger partial charge is 0.316 e. The van der Waals surface area contributed by atoms with Crippen molar-refractivity contribution in [3.8, 4) is 0 Å². The Kier molecular flexibility index (Phi) is 23.0. The molecule has 0 aliphatic rings. The molecule has 0 atom stereocenters. The largest absolute Gasteiger partial charge is 1.00 e. The van der Waals surface area contributed by atoms with Gasteiger partial charge in [0.25, 0.3) is 0 Å². The van der Waals surface area contributed by atoms with Gasteiger partial charge >= 0.3 is 23.1 Å². The zero-order valence-electron chi connectivity index (χ0n) is 8.53. The van der Waals surface area contributed by atoms with Gasteiger partial charge in [0, 0.05) is 25.3 Å². The molecule has 0 aliphatic carbocycles. The number of ether oxygens (including phenoxy) is 1. The van der Waals surface area contributed by atoms with Crippen LogP contribution in [0.15, 0.2) is 30.6 Å². The first-order valence-electron chi connectivity index (χ1n) is 4.29. The van der Waals surface area contributed by atoms with Crippen LogP contribution in [0, 0.1) is 0 Å². The summed E-state index contributed by atoms with van der Waals surface area (Å²) >= 11 is 0. The lowest BCUT2D eigenvalue weighted by atomic mass is 10.5. The highest BCUT2D eigenvalue weighted by atomic mass is 127. The zero-order chi connectivity index (χ0) is 9.23. The van der Waals surface area contributed by atoms with Gasteiger partial charge in [-0.15, -0.1) is 0 Å². The van der Waals surface area contributed by atoms with E-state index in [2.05, 4.69) is 0 Å². The molecule has 80 valence electrons. The fourth-order valence-electron chi connectivity index (χ4n) is 0.689. The van der Waals surface area contributed by atoms with Crippen molar-refractivity contribution in [2.75, 3.05) is 13.2 Å². The topological polar surface area (TPSA) is 13.1 Å². The second-order valence-electron chi connectivity index (χ2n) is 2.32. The maximum Gasteiger partial charge on any atom is 0.316 e. The molecule has 0 radical (unpaired) electrons. The van der Waals surface area contributed by atoms with Crippen molar-refractivity contribution in [2.45, 2.75) is 13.8 Å². The van der Waals surface area contributed by atoms with Crippen LogP contribution < -0.4 is 28.5 Å². The van der Waals surface area contributed by atoms with Gasteiger partial charge in [0.05, 0.1) is 0 Å². The standard InChI is InChI=1S/C6H8N.C4H10O.HI.Mg.2H/c1-7-5-3-2-4-6-7;1-3-5-4-2;;;;/h2-6H,1H3;3-4H2,1-2H3;1H;;;/q+1;;;;;/p-1. The van der Waals surface area contributed by atoms with Gasteiger partial charge in [0.2, 0.25) is 0 Å². The van der Waals surface area contributed by atoms with Crippen LogP contribution >= 0.6 is 0 Å². The van der Waals surface area contributed by atoms with Crippen LogP contribution in [-0.4, -0.2) is 36.3 Å². The molecule has 1 heterocycles. The average molecular weight is 321 g/mol. The molecule has 1 aromatic heterocycles. The van der Waals surface area contributed by atoms with Crippen molar-refractivity contribution in [1.29, 1.82) is 0 Å². The van der Waals surface area contributed by atoms with Crippen LogP contribution in [0.5, 0.6) is 0 Å². The lowest BCUT2D eigenvalue weighted by Gasteiger charge is -1.86. The number of pyridine rings is 1. The molecule has 1 rings (SSSR count). The predicted octanol–water partition coefficient (Wildman–Crippen LogP) is -2.36. The van der Waals surface area contributed by atoms with Gasteiger partial charge in [-0.1, -0.05) is 6.07 Å². The number of hydrogen-bond acceptors (Lipinski definition) is 1. The van der Waals surface area contributed by atoms with Gasteiger partial charge in [-0.05, 0) is 13.8 Å². The Morgan fingerprint density at radius 2 is 1.43 bits per heavy atom. The van der Waals surface area contributed by atoms with E-state index >= 15 is 0 Å². The Labute approximate surface area is 120 Å². The van der Waals surface area contributed by atoms with Crippen LogP contribution in [-0.2, 0) is 11.8 Å². The van der Waals surface area contributed by atoms with Crippen molar-refractivity contribution in [3.63, 3.8) is 0 Å². The summed E-state index contributed by atoms with van der Waals surface area (Å²) < 4.78 is 6.83. The molecule has 14 heavy (non-hydrogen) atoms. The number of rotatable bonds is 2. The van der Waals surface area contributed by atoms with Crippen LogP contribution in [0.25, 0.3) is 0 Å². The zero-order valence-corrected chi connectivity index (χ0v) is 10.7. The van der Waals surface area contributed by atoms with E-state index in [1.54, 1.807) is 0 Å². The second-order valence-corrected chi connectivity index (χ2v) is 2.32. The van der Waals surface area contributed by atoms with E-state index in [-0.39, 0.29) is 47.0 Å². The molecule has 0 aliphatic heterocycles. The summed E-state index contributed by atoms with van der Waals surface area (Å²) in [5.41, 5.74) is 0. The van der Waals surface area contributed by atoms with Crippen LogP contribution in [0.1, 0.15) is 13.8 Å². The molecule has 0 saturated carbocycles. The molecule has 4 heteroatoms. The second kappa shape index (κ2) is 16.1. The molecule has 0 fully saturated rings. The molecule has 0 aromatic carbocycles. The van der Waals surface area contributed by atoms with E-state index < -0.39 is 0 Å². The quantitative estimate of drug-likeness (QED) is 0.338. The monoisotopic (exact) mass is 321 g/mol. The van der Waals surface area contributed by atoms with Gasteiger partial charge in [-0.25, -0.2) is 4.57 Å². The molecule has 1 aromatic rings. The highest BCUT2D eigenvalue weighted by molar-refractivity contribution is 5.75. The highest BCUT2D eigenvalue weighted by Crippen LogP contribution is 1.71. The van der Waals surface area contributed by atoms with Crippen LogP contribution in [0.2, 0.25) is 0 Å². The molecule has 0 spiro atoms. The fraction of sp³-hybridized carbons (Fsp3) is 0.500. The highest BCUT2D eigenvalue weighted by Gasteiger charge is 1.78. The Morgan fingerprint density at radius 1 is 1.00 bits per heavy atom. The third-order valence-corrected chi connectivity index (χ3v) is 1.27. The summed E-state index contributed by atoms with van der Waals surface area (Å²) in [6, 6.07) is 6.00. The molecule has 0 bridgehead atoms. The van der Waals surface area contributed by atoms with Crippen molar-refractivity contribution < 1.29 is 33.3 Å². The summed E-state index contributed by atoms with van der Waals surface area (Å²) in [5.74, 6) is 0. The molecule has 2 nitrogen and oxygen atoms in total. The van der Waals surface area contributed by atoms with Gasteiger partial charge in [0.1, 0.15) is 7.05 Å². The SMILES string of the molecule is CCOCC.C[n+]1ccccc1.[I-].[MgH2]. The van der Waals surface area contributed by atoms with Gasteiger partial charge in [-0.3, -0.25) is 0 Å². The van der Waals surface area contributed by atoms with Gasteiger partial charge in [0.15, 0.2) is 12.4 Å². The first kappa shape index (κ1) is 20.1. The molecule has 0 saturated heterocycles. The normalized spacial score (nSPS) is 7.36. The van der Waals surface area contributed by atoms with Crippen LogP contribution in [0.4, 0.5) is 0 Å². The minimum Gasteiger partial charge on any atom is -1.00 e. The maximum absolute atomic E-state index is 4.83. The Morgan fingerprint density at radius 3 is 1.57 bits per heavy atom. The fourth-order valence-corrected chi connectivity index (χ4v) is 0.689. The number of aromatic nitrogens is 1. The predicted molar refractivity (Wildman–Crippen MR) is 58.3 cm³/mol. The third kappa shape index (κ3) is 15.1. The lowest BCUT2D eigenvalue weighted by Crippen LogP contribution is -3.00. The molecule has 0 N–H and O–H groups in total. The summed E-state index contributed by atoms with van der Waals surface area (Å²) in [4.78, 5) is 0. The molecular formula is C10H20IMgNO. The first-order valence-corrected chi connectivity index (χ1v) is 4.29. The first-order chi connectivity index (χ1) is 5.81. The van der Waals surface area contributed by atoms with E-state index in [0.717, 1.165) is 13.2 Å². The number of aryl methyl sites for hydroxylation is 1. The number of hydrogen-bond donors (Lipinski definition) is 0. The van der Waals surface area contributed by atoms with Crippen molar-refractivity contribution in [3.05, 3.63) is 30.6 Å². The number of halogens is 1. The Hall–Kier alpha value is 0.606. The molecule has 0 unspecified atom stereocenters. The third-order valence-electron chi connectivity index (χ3n) is 1.27. The molecular weight excluding hydrogens is 301 g/mol. The summed E-state index contributed by atoms with van der Waals surface area (Å²) in [6.07, 6.45) is 4.00. The van der Waals surface area contributed by atoms with E-state index in [0.29, 0.717) is 0 Å². The average Bonchev–Trinajstić information content (AvgIpc) is 2.08. The number of nitrogens with zero attached hydrogens (tertiary/aromatic N) is 1. The van der Waals surface area contributed by atoms with Gasteiger partial charge < -0.3 is 28.7 Å². The maximum atomic E-state index is 4.83. The lowest BCUT2D eigenvalue weighted by molar-refractivity contribution is -0.671. The summed E-state index contributed by atoms with van der Waals surface area (Å²) in [5, 5.41) is 0. The van der Waals surface area contributed by atoms with Crippen LogP contribution in [0.3, 0.4) is 0 Å². The summed E-state index contributed by atoms with van der Waals surface area (Å²) in [7, 11) is 2.00.